The number of anilines is 1. The van der Waals surface area contributed by atoms with E-state index in [1.165, 1.54) is 36.2 Å². The molecular formula is C22H23N3O4S3. The number of rotatable bonds is 6. The largest absolute Gasteiger partial charge is 0.465 e. The van der Waals surface area contributed by atoms with Crippen LogP contribution < -0.4 is 5.32 Å². The number of ketones is 1. The lowest BCUT2D eigenvalue weighted by Crippen LogP contribution is -2.16. The predicted octanol–water partition coefficient (Wildman–Crippen LogP) is 4.91. The van der Waals surface area contributed by atoms with E-state index in [4.69, 9.17) is 4.74 Å². The quantitative estimate of drug-likeness (QED) is 0.227. The molecule has 0 aromatic carbocycles. The van der Waals surface area contributed by atoms with Crippen LogP contribution in [0.3, 0.4) is 0 Å². The highest BCUT2D eigenvalue weighted by Gasteiger charge is 2.26. The average molecular weight is 490 g/mol. The Morgan fingerprint density at radius 1 is 1.28 bits per heavy atom. The zero-order chi connectivity index (χ0) is 23.0. The van der Waals surface area contributed by atoms with Crippen molar-refractivity contribution in [3.63, 3.8) is 0 Å². The number of thiophene rings is 2. The van der Waals surface area contributed by atoms with E-state index in [9.17, 15) is 14.4 Å². The van der Waals surface area contributed by atoms with E-state index in [1.54, 1.807) is 24.6 Å². The van der Waals surface area contributed by atoms with Crippen molar-refractivity contribution >= 4 is 67.3 Å². The van der Waals surface area contributed by atoms with Gasteiger partial charge in [-0.3, -0.25) is 9.59 Å². The molecule has 0 spiro atoms. The van der Waals surface area contributed by atoms with Crippen LogP contribution in [0.1, 0.15) is 56.3 Å². The summed E-state index contributed by atoms with van der Waals surface area (Å²) in [5.41, 5.74) is 2.07. The molecule has 3 aromatic heterocycles. The number of thioether (sulfide) groups is 1. The molecule has 0 radical (unpaired) electrons. The summed E-state index contributed by atoms with van der Waals surface area (Å²) in [6, 6.07) is 0. The van der Waals surface area contributed by atoms with Crippen molar-refractivity contribution < 1.29 is 19.1 Å². The standard InChI is InChI=1S/C22H23N3O4S3/c1-10-5-6-13-14(7-10)31-20-17(13)19(23-9-24-20)30-8-15(27)25-21-16(22(28)29-4)11(2)18(32-21)12(3)26/h9-10H,5-8H2,1-4H3,(H,25,27)/t10-/m0/s1. The first-order chi connectivity index (χ1) is 15.3. The Hall–Kier alpha value is -2.30. The highest BCUT2D eigenvalue weighted by atomic mass is 32.2. The fraction of sp³-hybridized carbons (Fsp3) is 0.409. The Morgan fingerprint density at radius 3 is 2.78 bits per heavy atom. The van der Waals surface area contributed by atoms with Crippen molar-refractivity contribution in [2.75, 3.05) is 18.2 Å². The Bertz CT molecular complexity index is 1230. The third-order valence-corrected chi connectivity index (χ3v) is 8.97. The molecule has 1 atom stereocenters. The lowest BCUT2D eigenvalue weighted by molar-refractivity contribution is -0.113. The first-order valence-corrected chi connectivity index (χ1v) is 12.8. The van der Waals surface area contributed by atoms with Crippen LogP contribution in [0.25, 0.3) is 10.2 Å². The molecule has 3 heterocycles. The molecule has 32 heavy (non-hydrogen) atoms. The molecule has 168 valence electrons. The molecule has 4 rings (SSSR count). The van der Waals surface area contributed by atoms with Crippen LogP contribution in [0, 0.1) is 12.8 Å². The summed E-state index contributed by atoms with van der Waals surface area (Å²) >= 11 is 4.18. The highest BCUT2D eigenvalue weighted by Crippen LogP contribution is 2.40. The van der Waals surface area contributed by atoms with E-state index in [0.717, 1.165) is 45.8 Å². The number of esters is 1. The van der Waals surface area contributed by atoms with Gasteiger partial charge in [-0.15, -0.1) is 22.7 Å². The average Bonchev–Trinajstić information content (AvgIpc) is 3.28. The SMILES string of the molecule is COC(=O)c1c(NC(=O)CSc2ncnc3sc4c(c23)CC[C@H](C)C4)sc(C(C)=O)c1C. The summed E-state index contributed by atoms with van der Waals surface area (Å²) in [4.78, 5) is 48.5. The van der Waals surface area contributed by atoms with Crippen molar-refractivity contribution in [3.8, 4) is 0 Å². The van der Waals surface area contributed by atoms with E-state index in [1.807, 2.05) is 0 Å². The predicted molar refractivity (Wildman–Crippen MR) is 128 cm³/mol. The number of aryl methyl sites for hydroxylation is 1. The number of hydrogen-bond donors (Lipinski definition) is 1. The van der Waals surface area contributed by atoms with Gasteiger partial charge in [0, 0.05) is 10.3 Å². The van der Waals surface area contributed by atoms with E-state index >= 15 is 0 Å². The zero-order valence-electron chi connectivity index (χ0n) is 18.2. The second kappa shape index (κ2) is 9.29. The van der Waals surface area contributed by atoms with Crippen LogP contribution in [0.5, 0.6) is 0 Å². The fourth-order valence-electron chi connectivity index (χ4n) is 3.94. The van der Waals surface area contributed by atoms with Gasteiger partial charge in [0.1, 0.15) is 21.2 Å². The maximum absolute atomic E-state index is 12.7. The second-order valence-electron chi connectivity index (χ2n) is 7.86. The first-order valence-electron chi connectivity index (χ1n) is 10.2. The number of hydrogen-bond acceptors (Lipinski definition) is 9. The number of fused-ring (bicyclic) bond motifs is 3. The number of nitrogens with one attached hydrogen (secondary N) is 1. The van der Waals surface area contributed by atoms with E-state index < -0.39 is 5.97 Å². The highest BCUT2D eigenvalue weighted by molar-refractivity contribution is 8.00. The Balaban J connectivity index is 1.54. The first kappa shape index (κ1) is 22.9. The minimum absolute atomic E-state index is 0.125. The molecule has 0 saturated carbocycles. The zero-order valence-corrected chi connectivity index (χ0v) is 20.7. The number of ether oxygens (including phenoxy) is 1. The topological polar surface area (TPSA) is 98.2 Å². The molecule has 0 unspecified atom stereocenters. The maximum atomic E-state index is 12.7. The number of amides is 1. The van der Waals surface area contributed by atoms with E-state index in [0.29, 0.717) is 21.4 Å². The van der Waals surface area contributed by atoms with Gasteiger partial charge in [0.05, 0.1) is 23.3 Å². The van der Waals surface area contributed by atoms with Gasteiger partial charge in [-0.1, -0.05) is 18.7 Å². The smallest absolute Gasteiger partial charge is 0.341 e. The summed E-state index contributed by atoms with van der Waals surface area (Å²) in [6.45, 7) is 5.39. The molecule has 7 nitrogen and oxygen atoms in total. The number of nitrogens with zero attached hydrogens (tertiary/aromatic N) is 2. The molecule has 10 heteroatoms. The van der Waals surface area contributed by atoms with Crippen molar-refractivity contribution in [1.82, 2.24) is 9.97 Å². The van der Waals surface area contributed by atoms with Crippen LogP contribution in [-0.2, 0) is 22.4 Å². The van der Waals surface area contributed by atoms with E-state index in [-0.39, 0.29) is 23.0 Å². The summed E-state index contributed by atoms with van der Waals surface area (Å²) in [7, 11) is 1.27. The molecule has 0 fully saturated rings. The van der Waals surface area contributed by atoms with Gasteiger partial charge >= 0.3 is 5.97 Å². The van der Waals surface area contributed by atoms with Gasteiger partial charge in [-0.2, -0.15) is 0 Å². The molecule has 3 aromatic rings. The molecule has 0 bridgehead atoms. The molecule has 0 saturated heterocycles. The number of aromatic nitrogens is 2. The van der Waals surface area contributed by atoms with Crippen LogP contribution in [0.15, 0.2) is 11.4 Å². The van der Waals surface area contributed by atoms with Crippen molar-refractivity contribution in [1.29, 1.82) is 0 Å². The molecule has 1 amide bonds. The minimum Gasteiger partial charge on any atom is -0.465 e. The summed E-state index contributed by atoms with van der Waals surface area (Å²) in [6.07, 6.45) is 4.76. The number of carbonyl (C=O) groups excluding carboxylic acids is 3. The van der Waals surface area contributed by atoms with Crippen LogP contribution in [0.4, 0.5) is 5.00 Å². The summed E-state index contributed by atoms with van der Waals surface area (Å²) in [5.74, 6) is -0.219. The van der Waals surface area contributed by atoms with Crippen molar-refractivity contribution in [2.24, 2.45) is 5.92 Å². The monoisotopic (exact) mass is 489 g/mol. The summed E-state index contributed by atoms with van der Waals surface area (Å²) < 4.78 is 4.85. The van der Waals surface area contributed by atoms with Gasteiger partial charge < -0.3 is 10.1 Å². The number of Topliss-reactive ketones (excluding diaryl/α,β-unsaturated/α-hetero) is 1. The third kappa shape index (κ3) is 4.31. The Labute approximate surface area is 198 Å². The molecule has 1 aliphatic rings. The summed E-state index contributed by atoms with van der Waals surface area (Å²) in [5, 5.41) is 4.99. The number of methoxy groups -OCH3 is 1. The fourth-order valence-corrected chi connectivity index (χ4v) is 7.28. The number of carbonyl (C=O) groups is 3. The lowest BCUT2D eigenvalue weighted by Gasteiger charge is -2.18. The van der Waals surface area contributed by atoms with Crippen LogP contribution in [0.2, 0.25) is 0 Å². The molecule has 1 N–H and O–H groups in total. The van der Waals surface area contributed by atoms with Gasteiger partial charge in [0.15, 0.2) is 5.78 Å². The molecular weight excluding hydrogens is 466 g/mol. The minimum atomic E-state index is -0.578. The van der Waals surface area contributed by atoms with Crippen LogP contribution in [-0.4, -0.2) is 40.5 Å². The normalized spacial score (nSPS) is 15.4. The molecule has 0 aliphatic heterocycles. The van der Waals surface area contributed by atoms with Gasteiger partial charge in [0.2, 0.25) is 5.91 Å². The van der Waals surface area contributed by atoms with Gasteiger partial charge in [0.25, 0.3) is 0 Å². The Morgan fingerprint density at radius 2 is 2.06 bits per heavy atom. The Kier molecular flexibility index (Phi) is 6.64. The molecule has 1 aliphatic carbocycles. The van der Waals surface area contributed by atoms with Crippen molar-refractivity contribution in [2.45, 2.75) is 45.1 Å². The van der Waals surface area contributed by atoms with Gasteiger partial charge in [-0.05, 0) is 50.2 Å². The lowest BCUT2D eigenvalue weighted by atomic mass is 9.89. The van der Waals surface area contributed by atoms with Crippen LogP contribution >= 0.6 is 34.4 Å². The third-order valence-electron chi connectivity index (χ3n) is 5.51. The second-order valence-corrected chi connectivity index (χ2v) is 10.9. The van der Waals surface area contributed by atoms with Gasteiger partial charge in [-0.25, -0.2) is 14.8 Å². The van der Waals surface area contributed by atoms with E-state index in [2.05, 4.69) is 22.2 Å². The van der Waals surface area contributed by atoms with Crippen molar-refractivity contribution in [3.05, 3.63) is 32.8 Å². The maximum Gasteiger partial charge on any atom is 0.341 e.